The first-order valence-electron chi connectivity index (χ1n) is 6.17. The van der Waals surface area contributed by atoms with Crippen LogP contribution in [0.1, 0.15) is 31.7 Å². The van der Waals surface area contributed by atoms with Gasteiger partial charge in [0.05, 0.1) is 11.5 Å². The molecule has 0 aliphatic carbocycles. The standard InChI is InChI=1S/C14H20O3S/c1-3-4-5-6-7-12-17-18(15,16)14-10-8-13(2)9-11-14/h4-5,8-11H,3,6-7,12H2,1-2H3/b5-4-. The zero-order valence-electron chi connectivity index (χ0n) is 10.9. The first kappa shape index (κ1) is 14.9. The fourth-order valence-electron chi connectivity index (χ4n) is 1.43. The molecule has 1 aromatic rings. The van der Waals surface area contributed by atoms with Gasteiger partial charge in [0.1, 0.15) is 0 Å². The molecule has 1 aromatic carbocycles. The Morgan fingerprint density at radius 3 is 2.44 bits per heavy atom. The second-order valence-electron chi connectivity index (χ2n) is 4.11. The molecule has 0 saturated carbocycles. The summed E-state index contributed by atoms with van der Waals surface area (Å²) in [7, 11) is -3.59. The lowest BCUT2D eigenvalue weighted by Gasteiger charge is -2.05. The molecule has 0 aliphatic heterocycles. The van der Waals surface area contributed by atoms with Crippen molar-refractivity contribution in [3.8, 4) is 0 Å². The zero-order chi connectivity index (χ0) is 13.4. The molecule has 0 spiro atoms. The van der Waals surface area contributed by atoms with E-state index in [1.54, 1.807) is 24.3 Å². The second-order valence-corrected chi connectivity index (χ2v) is 5.73. The lowest BCUT2D eigenvalue weighted by atomic mass is 10.2. The summed E-state index contributed by atoms with van der Waals surface area (Å²) in [5.74, 6) is 0. The number of hydrogen-bond acceptors (Lipinski definition) is 3. The van der Waals surface area contributed by atoms with Gasteiger partial charge in [0.25, 0.3) is 10.1 Å². The van der Waals surface area contributed by atoms with Crippen LogP contribution in [-0.4, -0.2) is 15.0 Å². The van der Waals surface area contributed by atoms with Crippen LogP contribution in [0.3, 0.4) is 0 Å². The van der Waals surface area contributed by atoms with Crippen molar-refractivity contribution in [1.29, 1.82) is 0 Å². The van der Waals surface area contributed by atoms with Crippen molar-refractivity contribution < 1.29 is 12.6 Å². The SMILES string of the molecule is CC/C=C\CCCOS(=O)(=O)c1ccc(C)cc1. The van der Waals surface area contributed by atoms with Crippen LogP contribution in [0.5, 0.6) is 0 Å². The molecule has 0 N–H and O–H groups in total. The van der Waals surface area contributed by atoms with Gasteiger partial charge in [-0.15, -0.1) is 0 Å². The van der Waals surface area contributed by atoms with Gasteiger partial charge < -0.3 is 0 Å². The van der Waals surface area contributed by atoms with Gasteiger partial charge in [0.2, 0.25) is 0 Å². The predicted molar refractivity (Wildman–Crippen MR) is 73.0 cm³/mol. The highest BCUT2D eigenvalue weighted by Crippen LogP contribution is 2.13. The Morgan fingerprint density at radius 2 is 1.83 bits per heavy atom. The van der Waals surface area contributed by atoms with Gasteiger partial charge in [-0.05, 0) is 38.3 Å². The molecule has 0 bridgehead atoms. The van der Waals surface area contributed by atoms with E-state index in [1.807, 2.05) is 13.0 Å². The normalized spacial score (nSPS) is 12.1. The van der Waals surface area contributed by atoms with Gasteiger partial charge in [0.15, 0.2) is 0 Å². The molecular weight excluding hydrogens is 248 g/mol. The van der Waals surface area contributed by atoms with Gasteiger partial charge in [-0.1, -0.05) is 36.8 Å². The summed E-state index contributed by atoms with van der Waals surface area (Å²) in [6.07, 6.45) is 6.66. The summed E-state index contributed by atoms with van der Waals surface area (Å²) in [6, 6.07) is 6.67. The van der Waals surface area contributed by atoms with Crippen LogP contribution in [0.4, 0.5) is 0 Å². The van der Waals surface area contributed by atoms with Crippen molar-refractivity contribution in [2.75, 3.05) is 6.61 Å². The molecule has 0 saturated heterocycles. The molecule has 4 heteroatoms. The molecular formula is C14H20O3S. The number of aryl methyl sites for hydroxylation is 1. The van der Waals surface area contributed by atoms with Crippen molar-refractivity contribution in [1.82, 2.24) is 0 Å². The third-order valence-electron chi connectivity index (χ3n) is 2.47. The molecule has 0 atom stereocenters. The Morgan fingerprint density at radius 1 is 1.17 bits per heavy atom. The third-order valence-corrected chi connectivity index (χ3v) is 3.79. The molecule has 0 unspecified atom stereocenters. The summed E-state index contributed by atoms with van der Waals surface area (Å²) in [5.41, 5.74) is 1.03. The van der Waals surface area contributed by atoms with Crippen LogP contribution >= 0.6 is 0 Å². The van der Waals surface area contributed by atoms with Gasteiger partial charge in [-0.2, -0.15) is 8.42 Å². The Labute approximate surface area is 110 Å². The molecule has 0 aromatic heterocycles. The lowest BCUT2D eigenvalue weighted by Crippen LogP contribution is -2.07. The van der Waals surface area contributed by atoms with Crippen LogP contribution in [0.15, 0.2) is 41.3 Å². The van der Waals surface area contributed by atoms with Crippen molar-refractivity contribution >= 4 is 10.1 Å². The van der Waals surface area contributed by atoms with Crippen molar-refractivity contribution in [2.24, 2.45) is 0 Å². The summed E-state index contributed by atoms with van der Waals surface area (Å²) >= 11 is 0. The highest BCUT2D eigenvalue weighted by atomic mass is 32.2. The van der Waals surface area contributed by atoms with E-state index in [-0.39, 0.29) is 11.5 Å². The second kappa shape index (κ2) is 7.34. The van der Waals surface area contributed by atoms with Crippen LogP contribution < -0.4 is 0 Å². The topological polar surface area (TPSA) is 43.4 Å². The summed E-state index contributed by atoms with van der Waals surface area (Å²) in [5, 5.41) is 0. The highest BCUT2D eigenvalue weighted by Gasteiger charge is 2.13. The van der Waals surface area contributed by atoms with Gasteiger partial charge in [0, 0.05) is 0 Å². The van der Waals surface area contributed by atoms with E-state index >= 15 is 0 Å². The van der Waals surface area contributed by atoms with Crippen LogP contribution in [0.25, 0.3) is 0 Å². The molecule has 0 heterocycles. The van der Waals surface area contributed by atoms with Gasteiger partial charge in [-0.25, -0.2) is 0 Å². The molecule has 0 radical (unpaired) electrons. The first-order chi connectivity index (χ1) is 8.56. The molecule has 0 amide bonds. The highest BCUT2D eigenvalue weighted by molar-refractivity contribution is 7.86. The average Bonchev–Trinajstić information content (AvgIpc) is 2.34. The summed E-state index contributed by atoms with van der Waals surface area (Å²) in [6.45, 7) is 4.20. The van der Waals surface area contributed by atoms with Crippen molar-refractivity contribution in [3.05, 3.63) is 42.0 Å². The fourth-order valence-corrected chi connectivity index (χ4v) is 2.37. The molecule has 100 valence electrons. The average molecular weight is 268 g/mol. The van der Waals surface area contributed by atoms with E-state index in [0.717, 1.165) is 18.4 Å². The Bertz CT molecular complexity index is 472. The van der Waals surface area contributed by atoms with Crippen LogP contribution in [0.2, 0.25) is 0 Å². The van der Waals surface area contributed by atoms with E-state index < -0.39 is 10.1 Å². The Balaban J connectivity index is 2.45. The maximum atomic E-state index is 11.8. The summed E-state index contributed by atoms with van der Waals surface area (Å²) < 4.78 is 28.6. The molecule has 3 nitrogen and oxygen atoms in total. The summed E-state index contributed by atoms with van der Waals surface area (Å²) in [4.78, 5) is 0.220. The quantitative estimate of drug-likeness (QED) is 0.432. The zero-order valence-corrected chi connectivity index (χ0v) is 11.7. The fraction of sp³-hybridized carbons (Fsp3) is 0.429. The Kier molecular flexibility index (Phi) is 6.09. The molecule has 1 rings (SSSR count). The third kappa shape index (κ3) is 5.02. The minimum absolute atomic E-state index is 0.220. The predicted octanol–water partition coefficient (Wildman–Crippen LogP) is 3.45. The number of unbranched alkanes of at least 4 members (excludes halogenated alkanes) is 1. The minimum Gasteiger partial charge on any atom is -0.266 e. The molecule has 0 fully saturated rings. The maximum absolute atomic E-state index is 11.8. The van der Waals surface area contributed by atoms with Crippen LogP contribution in [-0.2, 0) is 14.3 Å². The van der Waals surface area contributed by atoms with E-state index in [0.29, 0.717) is 6.42 Å². The maximum Gasteiger partial charge on any atom is 0.296 e. The van der Waals surface area contributed by atoms with Gasteiger partial charge >= 0.3 is 0 Å². The molecule has 18 heavy (non-hydrogen) atoms. The van der Waals surface area contributed by atoms with E-state index in [2.05, 4.69) is 13.0 Å². The number of benzene rings is 1. The van der Waals surface area contributed by atoms with E-state index in [4.69, 9.17) is 4.18 Å². The lowest BCUT2D eigenvalue weighted by molar-refractivity contribution is 0.313. The first-order valence-corrected chi connectivity index (χ1v) is 7.58. The number of rotatable bonds is 7. The van der Waals surface area contributed by atoms with Crippen molar-refractivity contribution in [2.45, 2.75) is 38.0 Å². The van der Waals surface area contributed by atoms with Gasteiger partial charge in [-0.3, -0.25) is 4.18 Å². The van der Waals surface area contributed by atoms with Crippen molar-refractivity contribution in [3.63, 3.8) is 0 Å². The monoisotopic (exact) mass is 268 g/mol. The largest absolute Gasteiger partial charge is 0.296 e. The molecule has 0 aliphatic rings. The smallest absolute Gasteiger partial charge is 0.266 e. The minimum atomic E-state index is -3.59. The van der Waals surface area contributed by atoms with E-state index in [9.17, 15) is 8.42 Å². The Hall–Kier alpha value is -1.13. The van der Waals surface area contributed by atoms with Crippen LogP contribution in [0, 0.1) is 6.92 Å². The van der Waals surface area contributed by atoms with E-state index in [1.165, 1.54) is 0 Å². The number of allylic oxidation sites excluding steroid dienone is 2. The number of hydrogen-bond donors (Lipinski definition) is 0.